The van der Waals surface area contributed by atoms with Gasteiger partial charge in [-0.2, -0.15) is 0 Å². The molecule has 1 saturated heterocycles. The van der Waals surface area contributed by atoms with E-state index in [1.54, 1.807) is 0 Å². The van der Waals surface area contributed by atoms with Crippen molar-refractivity contribution < 1.29 is 4.79 Å². The van der Waals surface area contributed by atoms with Gasteiger partial charge in [0.2, 0.25) is 5.91 Å². The van der Waals surface area contributed by atoms with Crippen LogP contribution in [0.5, 0.6) is 0 Å². The summed E-state index contributed by atoms with van der Waals surface area (Å²) < 4.78 is 0. The van der Waals surface area contributed by atoms with E-state index in [0.29, 0.717) is 6.54 Å². The highest BCUT2D eigenvalue weighted by molar-refractivity contribution is 5.77. The van der Waals surface area contributed by atoms with E-state index in [1.807, 2.05) is 0 Å². The molecule has 0 spiro atoms. The van der Waals surface area contributed by atoms with Crippen LogP contribution in [0, 0.1) is 5.92 Å². The first-order chi connectivity index (χ1) is 10.3. The molecule has 4 heteroatoms. The van der Waals surface area contributed by atoms with Gasteiger partial charge in [0.1, 0.15) is 0 Å². The molecular formula is C17H33N3O. The van der Waals surface area contributed by atoms with E-state index in [2.05, 4.69) is 22.0 Å². The Morgan fingerprint density at radius 2 is 1.71 bits per heavy atom. The summed E-state index contributed by atoms with van der Waals surface area (Å²) in [5.41, 5.74) is 0. The molecule has 0 aromatic rings. The maximum atomic E-state index is 11.8. The molecule has 122 valence electrons. The van der Waals surface area contributed by atoms with E-state index >= 15 is 0 Å². The Bertz CT molecular complexity index is 302. The van der Waals surface area contributed by atoms with Gasteiger partial charge in [0.15, 0.2) is 0 Å². The minimum atomic E-state index is 0.192. The van der Waals surface area contributed by atoms with Gasteiger partial charge < -0.3 is 10.2 Å². The van der Waals surface area contributed by atoms with Crippen LogP contribution in [-0.2, 0) is 4.79 Å². The van der Waals surface area contributed by atoms with E-state index < -0.39 is 0 Å². The predicted molar refractivity (Wildman–Crippen MR) is 87.4 cm³/mol. The van der Waals surface area contributed by atoms with Crippen LogP contribution < -0.4 is 5.32 Å². The van der Waals surface area contributed by atoms with Gasteiger partial charge in [-0.25, -0.2) is 0 Å². The summed E-state index contributed by atoms with van der Waals surface area (Å²) in [6, 6.07) is 0. The number of nitrogens with one attached hydrogen (secondary N) is 1. The zero-order valence-corrected chi connectivity index (χ0v) is 13.8. The molecule has 4 nitrogen and oxygen atoms in total. The largest absolute Gasteiger partial charge is 0.355 e. The standard InChI is InChI=1S/C17H33N3O/c1-2-9-18-17(21)15-20-11-6-10-19(12-13-20)14-16-7-4-3-5-8-16/h16H,2-15H2,1H3,(H,18,21). The fraction of sp³-hybridized carbons (Fsp3) is 0.941. The van der Waals surface area contributed by atoms with Crippen LogP contribution in [0.4, 0.5) is 0 Å². The Morgan fingerprint density at radius 3 is 2.48 bits per heavy atom. The first-order valence-corrected chi connectivity index (χ1v) is 8.99. The summed E-state index contributed by atoms with van der Waals surface area (Å²) in [6.07, 6.45) is 9.38. The maximum absolute atomic E-state index is 11.8. The molecule has 1 saturated carbocycles. The van der Waals surface area contributed by atoms with Crippen molar-refractivity contribution in [2.75, 3.05) is 45.8 Å². The van der Waals surface area contributed by atoms with Gasteiger partial charge in [-0.05, 0) is 44.7 Å². The highest BCUT2D eigenvalue weighted by Gasteiger charge is 2.20. The minimum absolute atomic E-state index is 0.192. The number of carbonyl (C=O) groups is 1. The lowest BCUT2D eigenvalue weighted by atomic mass is 9.89. The lowest BCUT2D eigenvalue weighted by molar-refractivity contribution is -0.122. The average Bonchev–Trinajstić information content (AvgIpc) is 2.72. The molecule has 2 fully saturated rings. The fourth-order valence-electron chi connectivity index (χ4n) is 3.62. The molecule has 1 aliphatic carbocycles. The van der Waals surface area contributed by atoms with Gasteiger partial charge in [-0.15, -0.1) is 0 Å². The second-order valence-electron chi connectivity index (χ2n) is 6.78. The Hall–Kier alpha value is -0.610. The van der Waals surface area contributed by atoms with Crippen LogP contribution in [0.3, 0.4) is 0 Å². The van der Waals surface area contributed by atoms with Gasteiger partial charge in [0.05, 0.1) is 6.54 Å². The summed E-state index contributed by atoms with van der Waals surface area (Å²) in [7, 11) is 0. The maximum Gasteiger partial charge on any atom is 0.234 e. The van der Waals surface area contributed by atoms with Crippen molar-refractivity contribution in [1.29, 1.82) is 0 Å². The van der Waals surface area contributed by atoms with Crippen molar-refractivity contribution in [2.24, 2.45) is 5.92 Å². The lowest BCUT2D eigenvalue weighted by Crippen LogP contribution is -2.40. The van der Waals surface area contributed by atoms with Crippen LogP contribution in [0.1, 0.15) is 51.9 Å². The van der Waals surface area contributed by atoms with Crippen molar-refractivity contribution in [1.82, 2.24) is 15.1 Å². The number of amides is 1. The predicted octanol–water partition coefficient (Wildman–Crippen LogP) is 2.10. The third-order valence-corrected chi connectivity index (χ3v) is 4.86. The molecule has 0 aromatic heterocycles. The number of rotatable bonds is 6. The van der Waals surface area contributed by atoms with Crippen LogP contribution >= 0.6 is 0 Å². The van der Waals surface area contributed by atoms with Crippen molar-refractivity contribution in [2.45, 2.75) is 51.9 Å². The van der Waals surface area contributed by atoms with Crippen molar-refractivity contribution in [3.8, 4) is 0 Å². The molecule has 2 rings (SSSR count). The van der Waals surface area contributed by atoms with Gasteiger partial charge >= 0.3 is 0 Å². The molecule has 0 atom stereocenters. The van der Waals surface area contributed by atoms with Crippen molar-refractivity contribution in [3.05, 3.63) is 0 Å². The van der Waals surface area contributed by atoms with Gasteiger partial charge in [0, 0.05) is 26.2 Å². The van der Waals surface area contributed by atoms with Crippen molar-refractivity contribution in [3.63, 3.8) is 0 Å². The average molecular weight is 295 g/mol. The summed E-state index contributed by atoms with van der Waals surface area (Å²) in [6.45, 7) is 9.23. The molecule has 0 radical (unpaired) electrons. The molecule has 21 heavy (non-hydrogen) atoms. The number of hydrogen-bond donors (Lipinski definition) is 1. The van der Waals surface area contributed by atoms with Crippen molar-refractivity contribution >= 4 is 5.91 Å². The lowest BCUT2D eigenvalue weighted by Gasteiger charge is -2.28. The molecule has 1 amide bonds. The normalized spacial score (nSPS) is 22.9. The third kappa shape index (κ3) is 6.35. The van der Waals surface area contributed by atoms with Gasteiger partial charge in [0.25, 0.3) is 0 Å². The molecular weight excluding hydrogens is 262 g/mol. The summed E-state index contributed by atoms with van der Waals surface area (Å²) in [5.74, 6) is 1.12. The monoisotopic (exact) mass is 295 g/mol. The first-order valence-electron chi connectivity index (χ1n) is 8.99. The summed E-state index contributed by atoms with van der Waals surface area (Å²) >= 11 is 0. The van der Waals surface area contributed by atoms with Gasteiger partial charge in [-0.3, -0.25) is 9.69 Å². The summed E-state index contributed by atoms with van der Waals surface area (Å²) in [4.78, 5) is 16.8. The van der Waals surface area contributed by atoms with Crippen LogP contribution in [0.25, 0.3) is 0 Å². The number of carbonyl (C=O) groups excluding carboxylic acids is 1. The molecule has 1 heterocycles. The number of hydrogen-bond acceptors (Lipinski definition) is 3. The fourth-order valence-corrected chi connectivity index (χ4v) is 3.62. The smallest absolute Gasteiger partial charge is 0.234 e. The first kappa shape index (κ1) is 16.8. The quantitative estimate of drug-likeness (QED) is 0.815. The second kappa shape index (κ2) is 9.42. The Morgan fingerprint density at radius 1 is 1.00 bits per heavy atom. The van der Waals surface area contributed by atoms with Crippen LogP contribution in [-0.4, -0.2) is 61.5 Å². The van der Waals surface area contributed by atoms with Gasteiger partial charge in [-0.1, -0.05) is 26.2 Å². The highest BCUT2D eigenvalue weighted by atomic mass is 16.2. The van der Waals surface area contributed by atoms with Crippen LogP contribution in [0.15, 0.2) is 0 Å². The number of nitrogens with zero attached hydrogens (tertiary/aromatic N) is 2. The zero-order chi connectivity index (χ0) is 14.9. The van der Waals surface area contributed by atoms with E-state index in [1.165, 1.54) is 51.6 Å². The molecule has 1 aliphatic heterocycles. The van der Waals surface area contributed by atoms with E-state index in [9.17, 15) is 4.79 Å². The topological polar surface area (TPSA) is 35.6 Å². The van der Waals surface area contributed by atoms with Crippen LogP contribution in [0.2, 0.25) is 0 Å². The Labute approximate surface area is 130 Å². The third-order valence-electron chi connectivity index (χ3n) is 4.86. The van der Waals surface area contributed by atoms with E-state index in [0.717, 1.165) is 38.5 Å². The Balaban J connectivity index is 1.67. The Kier molecular flexibility index (Phi) is 7.51. The molecule has 0 bridgehead atoms. The molecule has 2 aliphatic rings. The zero-order valence-electron chi connectivity index (χ0n) is 13.8. The molecule has 1 N–H and O–H groups in total. The highest BCUT2D eigenvalue weighted by Crippen LogP contribution is 2.24. The second-order valence-corrected chi connectivity index (χ2v) is 6.78. The van der Waals surface area contributed by atoms with E-state index in [-0.39, 0.29) is 5.91 Å². The minimum Gasteiger partial charge on any atom is -0.355 e. The van der Waals surface area contributed by atoms with E-state index in [4.69, 9.17) is 0 Å². The molecule has 0 aromatic carbocycles. The summed E-state index contributed by atoms with van der Waals surface area (Å²) in [5, 5.41) is 2.98. The SMILES string of the molecule is CCCNC(=O)CN1CCCN(CC2CCCCC2)CC1. The molecule has 0 unspecified atom stereocenters.